The third kappa shape index (κ3) is 7.94. The number of hydroxylamine groups is 2. The molecule has 1 aromatic carbocycles. The molecule has 216 valence electrons. The lowest BCUT2D eigenvalue weighted by atomic mass is 9.84. The van der Waals surface area contributed by atoms with Crippen molar-refractivity contribution >= 4 is 24.1 Å². The number of rotatable bonds is 10. The van der Waals surface area contributed by atoms with E-state index in [1.165, 1.54) is 6.07 Å². The Bertz CT molecular complexity index is 1010. The fraction of sp³-hybridized carbons (Fsp3) is 0.655. The van der Waals surface area contributed by atoms with Crippen LogP contribution in [0.15, 0.2) is 24.3 Å². The van der Waals surface area contributed by atoms with Gasteiger partial charge in [-0.1, -0.05) is 58.6 Å². The molecule has 1 saturated carbocycles. The molecule has 2 atom stereocenters. The number of likely N-dealkylation sites (N-methyl/N-ethyl adjacent to an activating group) is 1. The first-order valence-electron chi connectivity index (χ1n) is 14.0. The van der Waals surface area contributed by atoms with E-state index in [2.05, 4.69) is 5.32 Å². The Kier molecular flexibility index (Phi) is 10.4. The van der Waals surface area contributed by atoms with Crippen LogP contribution in [0.1, 0.15) is 76.1 Å². The van der Waals surface area contributed by atoms with Crippen molar-refractivity contribution in [2.75, 3.05) is 26.7 Å². The van der Waals surface area contributed by atoms with Crippen molar-refractivity contribution in [3.63, 3.8) is 0 Å². The summed E-state index contributed by atoms with van der Waals surface area (Å²) in [6.07, 6.45) is 6.27. The van der Waals surface area contributed by atoms with Gasteiger partial charge in [-0.2, -0.15) is 0 Å². The van der Waals surface area contributed by atoms with Gasteiger partial charge in [0.2, 0.25) is 18.2 Å². The van der Waals surface area contributed by atoms with Gasteiger partial charge in [-0.05, 0) is 42.7 Å². The molecule has 0 aromatic heterocycles. The van der Waals surface area contributed by atoms with Crippen LogP contribution in [0.2, 0.25) is 0 Å². The Morgan fingerprint density at radius 3 is 2.28 bits per heavy atom. The third-order valence-electron chi connectivity index (χ3n) is 8.17. The molecule has 0 bridgehead atoms. The number of carbonyl (C=O) groups is 4. The van der Waals surface area contributed by atoms with Gasteiger partial charge in [-0.15, -0.1) is 0 Å². The van der Waals surface area contributed by atoms with Crippen molar-refractivity contribution < 1.29 is 29.5 Å². The quantitative estimate of drug-likeness (QED) is 0.236. The van der Waals surface area contributed by atoms with E-state index in [-0.39, 0.29) is 41.6 Å². The SMILES string of the molecule is CN(C(=O)C(NC(=O)C(CC1CCCC1)CN(O)C=O)C(C)(C)C)C1CCN(C(=O)c2ccccc2O)CC1. The fourth-order valence-corrected chi connectivity index (χ4v) is 5.76. The molecule has 2 unspecified atom stereocenters. The van der Waals surface area contributed by atoms with E-state index in [4.69, 9.17) is 0 Å². The second-order valence-corrected chi connectivity index (χ2v) is 12.1. The number of nitrogens with one attached hydrogen (secondary N) is 1. The molecule has 1 saturated heterocycles. The minimum atomic E-state index is -0.801. The highest BCUT2D eigenvalue weighted by molar-refractivity contribution is 5.97. The number of likely N-dealkylation sites (tertiary alicyclic amines) is 1. The van der Waals surface area contributed by atoms with E-state index in [9.17, 15) is 29.5 Å². The number of phenols is 1. The van der Waals surface area contributed by atoms with E-state index in [0.29, 0.717) is 49.7 Å². The molecular weight excluding hydrogens is 500 g/mol. The van der Waals surface area contributed by atoms with Gasteiger partial charge in [-0.3, -0.25) is 24.4 Å². The number of hydrogen-bond acceptors (Lipinski definition) is 6. The number of piperidine rings is 1. The molecule has 39 heavy (non-hydrogen) atoms. The number of hydrogen-bond donors (Lipinski definition) is 3. The van der Waals surface area contributed by atoms with Crippen LogP contribution < -0.4 is 5.32 Å². The lowest BCUT2D eigenvalue weighted by Crippen LogP contribution is -2.58. The predicted octanol–water partition coefficient (Wildman–Crippen LogP) is 3.03. The Labute approximate surface area is 231 Å². The molecule has 10 nitrogen and oxygen atoms in total. The molecule has 1 aromatic rings. The summed E-state index contributed by atoms with van der Waals surface area (Å²) < 4.78 is 0. The molecule has 1 aliphatic carbocycles. The standard InChI is InChI=1S/C29H44N4O6/c1-29(2,3)25(30-26(36)21(18-33(39)19-34)17-20-9-5-6-10-20)28(38)31(4)22-13-15-32(16-14-22)27(37)23-11-7-8-12-24(23)35/h7-8,11-12,19-22,25,35,39H,5-6,9-10,13-18H2,1-4H3,(H,30,36). The number of benzene rings is 1. The van der Waals surface area contributed by atoms with Crippen molar-refractivity contribution in [2.45, 2.75) is 77.8 Å². The first-order valence-corrected chi connectivity index (χ1v) is 14.0. The van der Waals surface area contributed by atoms with Gasteiger partial charge in [0, 0.05) is 26.2 Å². The normalized spacial score (nSPS) is 18.3. The van der Waals surface area contributed by atoms with Gasteiger partial charge >= 0.3 is 0 Å². The van der Waals surface area contributed by atoms with Gasteiger partial charge in [0.25, 0.3) is 5.91 Å². The maximum atomic E-state index is 13.7. The Morgan fingerprint density at radius 2 is 1.72 bits per heavy atom. The smallest absolute Gasteiger partial charge is 0.257 e. The zero-order chi connectivity index (χ0) is 28.7. The summed E-state index contributed by atoms with van der Waals surface area (Å²) >= 11 is 0. The van der Waals surface area contributed by atoms with E-state index in [1.54, 1.807) is 35.0 Å². The Morgan fingerprint density at radius 1 is 1.10 bits per heavy atom. The molecule has 2 aliphatic rings. The summed E-state index contributed by atoms with van der Waals surface area (Å²) in [5.41, 5.74) is -0.316. The molecule has 2 fully saturated rings. The molecule has 3 rings (SSSR count). The number of amides is 4. The van der Waals surface area contributed by atoms with Crippen LogP contribution in [0.5, 0.6) is 5.75 Å². The summed E-state index contributed by atoms with van der Waals surface area (Å²) in [6, 6.07) is 5.56. The molecule has 0 spiro atoms. The number of carbonyl (C=O) groups excluding carboxylic acids is 4. The van der Waals surface area contributed by atoms with Crippen molar-refractivity contribution in [2.24, 2.45) is 17.3 Å². The average Bonchev–Trinajstić information content (AvgIpc) is 3.43. The van der Waals surface area contributed by atoms with Crippen molar-refractivity contribution in [3.05, 3.63) is 29.8 Å². The number of aromatic hydroxyl groups is 1. The highest BCUT2D eigenvalue weighted by Gasteiger charge is 2.39. The van der Waals surface area contributed by atoms with Gasteiger partial charge in [0.1, 0.15) is 11.8 Å². The van der Waals surface area contributed by atoms with Crippen molar-refractivity contribution in [1.29, 1.82) is 0 Å². The molecule has 4 amide bonds. The van der Waals surface area contributed by atoms with Crippen LogP contribution in [0.3, 0.4) is 0 Å². The highest BCUT2D eigenvalue weighted by atomic mass is 16.5. The van der Waals surface area contributed by atoms with Crippen LogP contribution in [-0.4, -0.2) is 88.1 Å². The second-order valence-electron chi connectivity index (χ2n) is 12.1. The molecular formula is C29H44N4O6. The Hall–Kier alpha value is -3.14. The monoisotopic (exact) mass is 544 g/mol. The van der Waals surface area contributed by atoms with Crippen molar-refractivity contribution in [3.8, 4) is 5.75 Å². The maximum Gasteiger partial charge on any atom is 0.257 e. The van der Waals surface area contributed by atoms with Crippen LogP contribution in [0, 0.1) is 17.3 Å². The summed E-state index contributed by atoms with van der Waals surface area (Å²) in [5, 5.41) is 23.3. The van der Waals surface area contributed by atoms with Gasteiger partial charge in [0.05, 0.1) is 18.0 Å². The van der Waals surface area contributed by atoms with Gasteiger partial charge < -0.3 is 20.2 Å². The highest BCUT2D eigenvalue weighted by Crippen LogP contribution is 2.31. The minimum absolute atomic E-state index is 0.0515. The largest absolute Gasteiger partial charge is 0.507 e. The van der Waals surface area contributed by atoms with Crippen LogP contribution >= 0.6 is 0 Å². The van der Waals surface area contributed by atoms with Crippen LogP contribution in [-0.2, 0) is 14.4 Å². The molecule has 10 heteroatoms. The topological polar surface area (TPSA) is 130 Å². The lowest BCUT2D eigenvalue weighted by molar-refractivity contribution is -0.156. The molecule has 1 heterocycles. The van der Waals surface area contributed by atoms with Gasteiger partial charge in [-0.25, -0.2) is 5.06 Å². The summed E-state index contributed by atoms with van der Waals surface area (Å²) in [4.78, 5) is 54.5. The summed E-state index contributed by atoms with van der Waals surface area (Å²) in [6.45, 7) is 6.47. The van der Waals surface area contributed by atoms with Crippen molar-refractivity contribution in [1.82, 2.24) is 20.2 Å². The number of phenolic OH excluding ortho intramolecular Hbond substituents is 1. The van der Waals surface area contributed by atoms with Crippen LogP contribution in [0.4, 0.5) is 0 Å². The number of nitrogens with zero attached hydrogens (tertiary/aromatic N) is 3. The van der Waals surface area contributed by atoms with E-state index in [0.717, 1.165) is 25.7 Å². The Balaban J connectivity index is 1.65. The van der Waals surface area contributed by atoms with Gasteiger partial charge in [0.15, 0.2) is 0 Å². The molecule has 1 aliphatic heterocycles. The van der Waals surface area contributed by atoms with E-state index >= 15 is 0 Å². The number of para-hydroxylation sites is 1. The zero-order valence-electron chi connectivity index (χ0n) is 23.6. The predicted molar refractivity (Wildman–Crippen MR) is 146 cm³/mol. The molecule has 3 N–H and O–H groups in total. The van der Waals surface area contributed by atoms with E-state index < -0.39 is 17.4 Å². The lowest BCUT2D eigenvalue weighted by Gasteiger charge is -2.40. The average molecular weight is 545 g/mol. The maximum absolute atomic E-state index is 13.7. The van der Waals surface area contributed by atoms with Crippen LogP contribution in [0.25, 0.3) is 0 Å². The first kappa shape index (κ1) is 30.4. The molecule has 0 radical (unpaired) electrons. The zero-order valence-corrected chi connectivity index (χ0v) is 23.6. The fourth-order valence-electron chi connectivity index (χ4n) is 5.76. The first-order chi connectivity index (χ1) is 18.4. The summed E-state index contributed by atoms with van der Waals surface area (Å²) in [5.74, 6) is -1.09. The minimum Gasteiger partial charge on any atom is -0.507 e. The second kappa shape index (κ2) is 13.3. The van der Waals surface area contributed by atoms with E-state index in [1.807, 2.05) is 20.8 Å². The third-order valence-corrected chi connectivity index (χ3v) is 8.17. The summed E-state index contributed by atoms with van der Waals surface area (Å²) in [7, 11) is 1.73.